The highest BCUT2D eigenvalue weighted by atomic mass is 35.5. The van der Waals surface area contributed by atoms with Gasteiger partial charge in [0.15, 0.2) is 0 Å². The van der Waals surface area contributed by atoms with Gasteiger partial charge < -0.3 is 5.32 Å². The predicted molar refractivity (Wildman–Crippen MR) is 86.5 cm³/mol. The van der Waals surface area contributed by atoms with Crippen molar-refractivity contribution in [3.05, 3.63) is 39.6 Å². The molecule has 0 atom stereocenters. The Morgan fingerprint density at radius 1 is 1.43 bits per heavy atom. The van der Waals surface area contributed by atoms with E-state index >= 15 is 0 Å². The van der Waals surface area contributed by atoms with Crippen molar-refractivity contribution in [2.75, 3.05) is 6.54 Å². The van der Waals surface area contributed by atoms with Gasteiger partial charge in [-0.25, -0.2) is 9.37 Å². The van der Waals surface area contributed by atoms with Gasteiger partial charge in [-0.2, -0.15) is 0 Å². The topological polar surface area (TPSA) is 24.9 Å². The van der Waals surface area contributed by atoms with Crippen molar-refractivity contribution in [1.82, 2.24) is 10.3 Å². The first-order valence-corrected chi connectivity index (χ1v) is 8.54. The minimum atomic E-state index is -0.299. The van der Waals surface area contributed by atoms with Crippen molar-refractivity contribution in [2.45, 2.75) is 38.6 Å². The lowest BCUT2D eigenvalue weighted by Gasteiger charge is -2.02. The lowest BCUT2D eigenvalue weighted by Crippen LogP contribution is -2.13. The zero-order valence-electron chi connectivity index (χ0n) is 12.0. The second-order valence-electron chi connectivity index (χ2n) is 5.38. The average Bonchev–Trinajstić information content (AvgIpc) is 3.21. The molecule has 1 aromatic heterocycles. The Kier molecular flexibility index (Phi) is 4.57. The molecule has 0 spiro atoms. The van der Waals surface area contributed by atoms with Crippen LogP contribution in [0.15, 0.2) is 18.2 Å². The van der Waals surface area contributed by atoms with Gasteiger partial charge in [0.25, 0.3) is 0 Å². The van der Waals surface area contributed by atoms with E-state index in [0.717, 1.165) is 25.2 Å². The minimum absolute atomic E-state index is 0.299. The highest BCUT2D eigenvalue weighted by molar-refractivity contribution is 7.15. The first-order valence-electron chi connectivity index (χ1n) is 7.35. The summed E-state index contributed by atoms with van der Waals surface area (Å²) >= 11 is 7.72. The fraction of sp³-hybridized carbons (Fsp3) is 0.438. The number of rotatable bonds is 6. The number of halogens is 2. The summed E-state index contributed by atoms with van der Waals surface area (Å²) in [5, 5.41) is 4.54. The number of thiazole rings is 1. The van der Waals surface area contributed by atoms with E-state index in [1.54, 1.807) is 23.5 Å². The van der Waals surface area contributed by atoms with Crippen LogP contribution in [-0.2, 0) is 6.54 Å². The third-order valence-corrected chi connectivity index (χ3v) is 4.98. The van der Waals surface area contributed by atoms with E-state index in [1.807, 2.05) is 0 Å². The van der Waals surface area contributed by atoms with E-state index in [4.69, 9.17) is 16.6 Å². The van der Waals surface area contributed by atoms with Gasteiger partial charge in [0.2, 0.25) is 0 Å². The van der Waals surface area contributed by atoms with Crippen LogP contribution in [0.1, 0.15) is 42.7 Å². The molecule has 21 heavy (non-hydrogen) atoms. The molecule has 1 aliphatic carbocycles. The summed E-state index contributed by atoms with van der Waals surface area (Å²) in [4.78, 5) is 5.92. The number of hydrogen-bond donors (Lipinski definition) is 1. The summed E-state index contributed by atoms with van der Waals surface area (Å²) in [6.07, 6.45) is 3.48. The van der Waals surface area contributed by atoms with Gasteiger partial charge in [0.05, 0.1) is 16.3 Å². The van der Waals surface area contributed by atoms with Crippen molar-refractivity contribution in [2.24, 2.45) is 0 Å². The smallest absolute Gasteiger partial charge is 0.134 e. The molecule has 1 aromatic carbocycles. The summed E-state index contributed by atoms with van der Waals surface area (Å²) in [5.41, 5.74) is 1.57. The average molecular weight is 325 g/mol. The highest BCUT2D eigenvalue weighted by Gasteiger charge is 2.30. The Morgan fingerprint density at radius 3 is 2.90 bits per heavy atom. The maximum absolute atomic E-state index is 14.1. The molecule has 2 nitrogen and oxygen atoms in total. The van der Waals surface area contributed by atoms with Gasteiger partial charge in [-0.3, -0.25) is 0 Å². The van der Waals surface area contributed by atoms with Crippen LogP contribution in [0.5, 0.6) is 0 Å². The number of nitrogens with one attached hydrogen (secondary N) is 1. The highest BCUT2D eigenvalue weighted by Crippen LogP contribution is 2.45. The molecular formula is C16H18ClFN2S. The molecule has 0 radical (unpaired) electrons. The maximum Gasteiger partial charge on any atom is 0.134 e. The summed E-state index contributed by atoms with van der Waals surface area (Å²) in [6, 6.07) is 4.78. The van der Waals surface area contributed by atoms with E-state index in [-0.39, 0.29) is 5.82 Å². The molecular weight excluding hydrogens is 307 g/mol. The molecule has 1 aliphatic rings. The maximum atomic E-state index is 14.1. The Morgan fingerprint density at radius 2 is 2.24 bits per heavy atom. The van der Waals surface area contributed by atoms with Crippen LogP contribution in [0, 0.1) is 5.82 Å². The number of benzene rings is 1. The molecule has 0 amide bonds. The summed E-state index contributed by atoms with van der Waals surface area (Å²) < 4.78 is 14.1. The summed E-state index contributed by atoms with van der Waals surface area (Å²) in [5.74, 6) is 0.255. The molecule has 0 saturated heterocycles. The molecule has 112 valence electrons. The summed E-state index contributed by atoms with van der Waals surface area (Å²) in [6.45, 7) is 3.94. The van der Waals surface area contributed by atoms with Crippen LogP contribution in [0.3, 0.4) is 0 Å². The second-order valence-corrected chi connectivity index (χ2v) is 6.87. The van der Waals surface area contributed by atoms with Gasteiger partial charge in [-0.15, -0.1) is 11.3 Å². The molecule has 1 fully saturated rings. The molecule has 1 saturated carbocycles. The van der Waals surface area contributed by atoms with Crippen LogP contribution in [0.2, 0.25) is 5.02 Å². The number of aromatic nitrogens is 1. The van der Waals surface area contributed by atoms with Crippen molar-refractivity contribution in [3.63, 3.8) is 0 Å². The molecule has 5 heteroatoms. The van der Waals surface area contributed by atoms with E-state index in [0.29, 0.717) is 21.5 Å². The van der Waals surface area contributed by atoms with Gasteiger partial charge in [-0.05, 0) is 37.9 Å². The molecule has 0 bridgehead atoms. The monoisotopic (exact) mass is 324 g/mol. The Balaban J connectivity index is 1.94. The summed E-state index contributed by atoms with van der Waals surface area (Å²) in [7, 11) is 0. The Bertz CT molecular complexity index is 617. The van der Waals surface area contributed by atoms with E-state index in [9.17, 15) is 4.39 Å². The van der Waals surface area contributed by atoms with Crippen molar-refractivity contribution in [3.8, 4) is 10.6 Å². The first-order chi connectivity index (χ1) is 10.2. The third-order valence-electron chi connectivity index (χ3n) is 3.58. The predicted octanol–water partition coefficient (Wildman–Crippen LogP) is 4.98. The standard InChI is InChI=1S/C16H18ClFN2S/c1-2-8-19-9-13-15(10-6-7-10)20-16(21-13)14-11(17)4-3-5-12(14)18/h3-5,10,19H,2,6-9H2,1H3. The molecule has 2 aromatic rings. The fourth-order valence-electron chi connectivity index (χ4n) is 2.35. The third kappa shape index (κ3) is 3.28. The number of nitrogens with zero attached hydrogens (tertiary/aromatic N) is 1. The zero-order chi connectivity index (χ0) is 14.8. The quantitative estimate of drug-likeness (QED) is 0.758. The lowest BCUT2D eigenvalue weighted by molar-refractivity contribution is 0.631. The van der Waals surface area contributed by atoms with Crippen LogP contribution in [0.25, 0.3) is 10.6 Å². The van der Waals surface area contributed by atoms with Crippen LogP contribution in [0.4, 0.5) is 4.39 Å². The van der Waals surface area contributed by atoms with Crippen LogP contribution < -0.4 is 5.32 Å². The van der Waals surface area contributed by atoms with Gasteiger partial charge in [-0.1, -0.05) is 24.6 Å². The SMILES string of the molecule is CCCNCc1sc(-c2c(F)cccc2Cl)nc1C1CC1. The van der Waals surface area contributed by atoms with E-state index in [2.05, 4.69) is 12.2 Å². The minimum Gasteiger partial charge on any atom is -0.312 e. The van der Waals surface area contributed by atoms with Crippen LogP contribution >= 0.6 is 22.9 Å². The molecule has 0 aliphatic heterocycles. The Labute approximate surface area is 133 Å². The van der Waals surface area contributed by atoms with Crippen molar-refractivity contribution < 1.29 is 4.39 Å². The largest absolute Gasteiger partial charge is 0.312 e. The first kappa shape index (κ1) is 14.9. The van der Waals surface area contributed by atoms with Crippen molar-refractivity contribution in [1.29, 1.82) is 0 Å². The number of hydrogen-bond acceptors (Lipinski definition) is 3. The lowest BCUT2D eigenvalue weighted by atomic mass is 10.2. The van der Waals surface area contributed by atoms with Gasteiger partial charge in [0, 0.05) is 17.3 Å². The van der Waals surface area contributed by atoms with Crippen molar-refractivity contribution >= 4 is 22.9 Å². The fourth-order valence-corrected chi connectivity index (χ4v) is 3.84. The molecule has 1 heterocycles. The Hall–Kier alpha value is -0.970. The van der Waals surface area contributed by atoms with Gasteiger partial charge >= 0.3 is 0 Å². The molecule has 1 N–H and O–H groups in total. The molecule has 3 rings (SSSR count). The second kappa shape index (κ2) is 6.42. The van der Waals surface area contributed by atoms with Crippen LogP contribution in [-0.4, -0.2) is 11.5 Å². The van der Waals surface area contributed by atoms with Gasteiger partial charge in [0.1, 0.15) is 10.8 Å². The van der Waals surface area contributed by atoms with E-state index < -0.39 is 0 Å². The van der Waals surface area contributed by atoms with E-state index in [1.165, 1.54) is 23.8 Å². The zero-order valence-corrected chi connectivity index (χ0v) is 13.5. The molecule has 0 unspecified atom stereocenters. The normalized spacial score (nSPS) is 14.6.